The maximum Gasteiger partial charge on any atom is 0.220 e. The smallest absolute Gasteiger partial charge is 0.220 e. The number of hydrogen-bond donors (Lipinski definition) is 1. The second-order valence-electron chi connectivity index (χ2n) is 5.27. The van der Waals surface area contributed by atoms with Crippen molar-refractivity contribution in [3.05, 3.63) is 54.1 Å². The van der Waals surface area contributed by atoms with Crippen molar-refractivity contribution in [1.29, 1.82) is 0 Å². The van der Waals surface area contributed by atoms with Crippen molar-refractivity contribution >= 4 is 5.91 Å². The Bertz CT molecular complexity index is 588. The highest BCUT2D eigenvalue weighted by Crippen LogP contribution is 2.23. The van der Waals surface area contributed by atoms with Crippen LogP contribution in [-0.4, -0.2) is 13.0 Å². The van der Waals surface area contributed by atoms with Crippen LogP contribution in [-0.2, 0) is 11.2 Å². The molecule has 2 aromatic rings. The molecule has 0 bridgehead atoms. The average Bonchev–Trinajstić information content (AvgIpc) is 2.53. The third-order valence-electron chi connectivity index (χ3n) is 3.73. The summed E-state index contributed by atoms with van der Waals surface area (Å²) >= 11 is 0. The van der Waals surface area contributed by atoms with Gasteiger partial charge in [0.15, 0.2) is 0 Å². The molecule has 2 N–H and O–H groups in total. The fourth-order valence-electron chi connectivity index (χ4n) is 2.17. The Morgan fingerprint density at radius 2 is 1.57 bits per heavy atom. The van der Waals surface area contributed by atoms with E-state index in [9.17, 15) is 4.79 Å². The number of nitrogens with two attached hydrogens (primary N) is 1. The lowest BCUT2D eigenvalue weighted by Crippen LogP contribution is -2.20. The Morgan fingerprint density at radius 3 is 2.05 bits per heavy atom. The van der Waals surface area contributed by atoms with E-state index in [1.54, 1.807) is 7.11 Å². The maximum atomic E-state index is 11.0. The Kier molecular flexibility index (Phi) is 4.99. The van der Waals surface area contributed by atoms with Crippen LogP contribution in [0.2, 0.25) is 0 Å². The van der Waals surface area contributed by atoms with Gasteiger partial charge in [-0.15, -0.1) is 0 Å². The zero-order valence-electron chi connectivity index (χ0n) is 12.5. The number of methoxy groups -OCH3 is 1. The molecule has 0 aliphatic carbocycles. The summed E-state index contributed by atoms with van der Waals surface area (Å²) in [6.07, 6.45) is 1.66. The van der Waals surface area contributed by atoms with Crippen LogP contribution in [0.4, 0.5) is 0 Å². The highest BCUT2D eigenvalue weighted by atomic mass is 16.5. The fraction of sp³-hybridized carbons (Fsp3) is 0.278. The average molecular weight is 283 g/mol. The summed E-state index contributed by atoms with van der Waals surface area (Å²) < 4.78 is 5.16. The SMILES string of the molecule is COc1ccc(-c2ccc(CC[C@@H](C)C(N)=O)cc2)cc1. The molecule has 2 rings (SSSR count). The number of ether oxygens (including phenoxy) is 1. The second kappa shape index (κ2) is 6.93. The summed E-state index contributed by atoms with van der Waals surface area (Å²) in [5, 5.41) is 0. The highest BCUT2D eigenvalue weighted by molar-refractivity contribution is 5.76. The van der Waals surface area contributed by atoms with Gasteiger partial charge < -0.3 is 10.5 Å². The van der Waals surface area contributed by atoms with Crippen LogP contribution in [0.1, 0.15) is 18.9 Å². The second-order valence-corrected chi connectivity index (χ2v) is 5.27. The minimum Gasteiger partial charge on any atom is -0.497 e. The molecule has 0 saturated heterocycles. The normalized spacial score (nSPS) is 11.9. The highest BCUT2D eigenvalue weighted by Gasteiger charge is 2.08. The summed E-state index contributed by atoms with van der Waals surface area (Å²) in [5.74, 6) is 0.548. The van der Waals surface area contributed by atoms with Crippen LogP contribution in [0.3, 0.4) is 0 Å². The predicted molar refractivity (Wildman–Crippen MR) is 85.1 cm³/mol. The van der Waals surface area contributed by atoms with E-state index in [0.717, 1.165) is 24.2 Å². The van der Waals surface area contributed by atoms with E-state index >= 15 is 0 Å². The largest absolute Gasteiger partial charge is 0.497 e. The van der Waals surface area contributed by atoms with Gasteiger partial charge in [-0.05, 0) is 41.7 Å². The van der Waals surface area contributed by atoms with Gasteiger partial charge in [0.2, 0.25) is 5.91 Å². The number of benzene rings is 2. The molecule has 110 valence electrons. The number of amides is 1. The summed E-state index contributed by atoms with van der Waals surface area (Å²) in [6.45, 7) is 1.87. The molecule has 3 nitrogen and oxygen atoms in total. The van der Waals surface area contributed by atoms with E-state index < -0.39 is 0 Å². The number of aryl methyl sites for hydroxylation is 1. The van der Waals surface area contributed by atoms with E-state index in [4.69, 9.17) is 10.5 Å². The van der Waals surface area contributed by atoms with Gasteiger partial charge >= 0.3 is 0 Å². The predicted octanol–water partition coefficient (Wildman–Crippen LogP) is 3.42. The van der Waals surface area contributed by atoms with Gasteiger partial charge in [0.05, 0.1) is 7.11 Å². The summed E-state index contributed by atoms with van der Waals surface area (Å²) in [5.41, 5.74) is 8.83. The Hall–Kier alpha value is -2.29. The number of rotatable bonds is 6. The van der Waals surface area contributed by atoms with Gasteiger partial charge in [0, 0.05) is 5.92 Å². The van der Waals surface area contributed by atoms with Crippen LogP contribution in [0.5, 0.6) is 5.75 Å². The van der Waals surface area contributed by atoms with E-state index in [1.807, 2.05) is 31.2 Å². The first-order valence-electron chi connectivity index (χ1n) is 7.13. The molecule has 21 heavy (non-hydrogen) atoms. The standard InChI is InChI=1S/C18H21NO2/c1-13(18(19)20)3-4-14-5-7-15(8-6-14)16-9-11-17(21-2)12-10-16/h5-13H,3-4H2,1-2H3,(H2,19,20)/t13-/m1/s1. The van der Waals surface area contributed by atoms with Crippen molar-refractivity contribution in [2.75, 3.05) is 7.11 Å². The minimum atomic E-state index is -0.232. The number of carbonyl (C=O) groups excluding carboxylic acids is 1. The minimum absolute atomic E-state index is 0.0775. The third kappa shape index (κ3) is 4.09. The Morgan fingerprint density at radius 1 is 1.05 bits per heavy atom. The van der Waals surface area contributed by atoms with Crippen molar-refractivity contribution in [3.63, 3.8) is 0 Å². The zero-order valence-corrected chi connectivity index (χ0v) is 12.5. The van der Waals surface area contributed by atoms with Crippen LogP contribution in [0, 0.1) is 5.92 Å². The van der Waals surface area contributed by atoms with Crippen LogP contribution >= 0.6 is 0 Å². The van der Waals surface area contributed by atoms with E-state index in [1.165, 1.54) is 11.1 Å². The van der Waals surface area contributed by atoms with E-state index in [2.05, 4.69) is 24.3 Å². The lowest BCUT2D eigenvalue weighted by molar-refractivity contribution is -0.121. The quantitative estimate of drug-likeness (QED) is 0.883. The lowest BCUT2D eigenvalue weighted by Gasteiger charge is -2.08. The number of carbonyl (C=O) groups is 1. The Balaban J connectivity index is 2.02. The molecular weight excluding hydrogens is 262 g/mol. The van der Waals surface area contributed by atoms with Gasteiger partial charge in [-0.1, -0.05) is 43.3 Å². The molecule has 0 saturated carbocycles. The first-order valence-corrected chi connectivity index (χ1v) is 7.13. The molecule has 0 unspecified atom stereocenters. The lowest BCUT2D eigenvalue weighted by atomic mass is 9.98. The van der Waals surface area contributed by atoms with Crippen molar-refractivity contribution < 1.29 is 9.53 Å². The molecule has 0 spiro atoms. The molecule has 0 aliphatic rings. The molecular formula is C18H21NO2. The molecule has 3 heteroatoms. The van der Waals surface area contributed by atoms with Crippen molar-refractivity contribution in [2.24, 2.45) is 11.7 Å². The monoisotopic (exact) mass is 283 g/mol. The molecule has 1 atom stereocenters. The molecule has 1 amide bonds. The number of hydrogen-bond acceptors (Lipinski definition) is 2. The van der Waals surface area contributed by atoms with Crippen molar-refractivity contribution in [2.45, 2.75) is 19.8 Å². The van der Waals surface area contributed by atoms with Crippen LogP contribution in [0.15, 0.2) is 48.5 Å². The summed E-state index contributed by atoms with van der Waals surface area (Å²) in [4.78, 5) is 11.0. The molecule has 0 aliphatic heterocycles. The van der Waals surface area contributed by atoms with Gasteiger partial charge in [0.25, 0.3) is 0 Å². The third-order valence-corrected chi connectivity index (χ3v) is 3.73. The first-order chi connectivity index (χ1) is 10.1. The summed E-state index contributed by atoms with van der Waals surface area (Å²) in [6, 6.07) is 16.4. The van der Waals surface area contributed by atoms with Crippen LogP contribution < -0.4 is 10.5 Å². The summed E-state index contributed by atoms with van der Waals surface area (Å²) in [7, 11) is 1.66. The topological polar surface area (TPSA) is 52.3 Å². The molecule has 0 aromatic heterocycles. The van der Waals surface area contributed by atoms with E-state index in [0.29, 0.717) is 0 Å². The molecule has 2 aromatic carbocycles. The van der Waals surface area contributed by atoms with Crippen molar-refractivity contribution in [3.8, 4) is 16.9 Å². The van der Waals surface area contributed by atoms with Gasteiger partial charge in [-0.3, -0.25) is 4.79 Å². The Labute approximate surface area is 125 Å². The van der Waals surface area contributed by atoms with Gasteiger partial charge in [-0.25, -0.2) is 0 Å². The fourth-order valence-corrected chi connectivity index (χ4v) is 2.17. The first kappa shape index (κ1) is 15.1. The van der Waals surface area contributed by atoms with E-state index in [-0.39, 0.29) is 11.8 Å². The van der Waals surface area contributed by atoms with Crippen molar-refractivity contribution in [1.82, 2.24) is 0 Å². The zero-order chi connectivity index (χ0) is 15.2. The maximum absolute atomic E-state index is 11.0. The van der Waals surface area contributed by atoms with Gasteiger partial charge in [-0.2, -0.15) is 0 Å². The number of primary amides is 1. The molecule has 0 fully saturated rings. The molecule has 0 heterocycles. The van der Waals surface area contributed by atoms with Crippen LogP contribution in [0.25, 0.3) is 11.1 Å². The molecule has 0 radical (unpaired) electrons. The van der Waals surface area contributed by atoms with Gasteiger partial charge in [0.1, 0.15) is 5.75 Å².